The van der Waals surface area contributed by atoms with Gasteiger partial charge in [-0.25, -0.2) is 4.98 Å². The fraction of sp³-hybridized carbons (Fsp3) is 0.308. The van der Waals surface area contributed by atoms with E-state index in [-0.39, 0.29) is 5.91 Å². The Balaban J connectivity index is 1.75. The van der Waals surface area contributed by atoms with Gasteiger partial charge in [0.1, 0.15) is 0 Å². The Morgan fingerprint density at radius 3 is 2.61 bits per heavy atom. The minimum atomic E-state index is -0.0263. The van der Waals surface area contributed by atoms with Gasteiger partial charge in [-0.05, 0) is 16.3 Å². The zero-order chi connectivity index (χ0) is 23.2. The van der Waals surface area contributed by atoms with E-state index in [9.17, 15) is 4.79 Å². The maximum Gasteiger partial charge on any atom is 0.255 e. The highest BCUT2D eigenvalue weighted by Crippen LogP contribution is 2.32. The average Bonchev–Trinajstić information content (AvgIpc) is 3.47. The quantitative estimate of drug-likeness (QED) is 0.371. The van der Waals surface area contributed by atoms with Gasteiger partial charge in [-0.1, -0.05) is 42.5 Å². The van der Waals surface area contributed by atoms with Crippen molar-refractivity contribution < 1.29 is 14.3 Å². The summed E-state index contributed by atoms with van der Waals surface area (Å²) in [6.45, 7) is 2.97. The third-order valence-corrected chi connectivity index (χ3v) is 5.85. The molecule has 0 bridgehead atoms. The van der Waals surface area contributed by atoms with E-state index in [1.165, 1.54) is 0 Å². The molecule has 33 heavy (non-hydrogen) atoms. The van der Waals surface area contributed by atoms with E-state index in [1.807, 2.05) is 44.0 Å². The summed E-state index contributed by atoms with van der Waals surface area (Å²) in [6.07, 6.45) is 7.68. The molecule has 7 nitrogen and oxygen atoms in total. The Labute approximate surface area is 194 Å². The smallest absolute Gasteiger partial charge is 0.255 e. The summed E-state index contributed by atoms with van der Waals surface area (Å²) in [5, 5.41) is 2.27. The standard InChI is InChI=1S/C26H30N4O3/c1-28(11-13-32-2)26(31)25-18-29(16-21-15-27-19-30(21)12-14-33-3)17-24(25)23-10-6-8-20-7-4-5-9-22(20)23/h4-10,15,17-19H,11-14,16H2,1-3H3. The molecule has 0 radical (unpaired) electrons. The Bertz CT molecular complexity index is 1220. The van der Waals surface area contributed by atoms with Crippen molar-refractivity contribution >= 4 is 16.7 Å². The number of rotatable bonds is 10. The van der Waals surface area contributed by atoms with Crippen LogP contribution in [0.15, 0.2) is 67.4 Å². The summed E-state index contributed by atoms with van der Waals surface area (Å²) < 4.78 is 14.5. The van der Waals surface area contributed by atoms with Gasteiger partial charge in [-0.15, -0.1) is 0 Å². The van der Waals surface area contributed by atoms with Crippen molar-refractivity contribution in [2.45, 2.75) is 13.1 Å². The predicted octanol–water partition coefficient (Wildman–Crippen LogP) is 3.92. The van der Waals surface area contributed by atoms with Crippen LogP contribution in [-0.2, 0) is 22.6 Å². The van der Waals surface area contributed by atoms with Gasteiger partial charge in [0.05, 0.1) is 37.3 Å². The highest BCUT2D eigenvalue weighted by molar-refractivity contribution is 6.05. The van der Waals surface area contributed by atoms with Gasteiger partial charge in [-0.3, -0.25) is 4.79 Å². The number of amides is 1. The molecule has 7 heteroatoms. The lowest BCUT2D eigenvalue weighted by molar-refractivity contribution is 0.0745. The normalized spacial score (nSPS) is 11.2. The van der Waals surface area contributed by atoms with Crippen molar-refractivity contribution in [3.05, 3.63) is 78.6 Å². The Kier molecular flexibility index (Phi) is 7.22. The molecular formula is C26H30N4O3. The number of benzene rings is 2. The van der Waals surface area contributed by atoms with Crippen LogP contribution in [0.4, 0.5) is 0 Å². The number of likely N-dealkylation sites (N-methyl/N-ethyl adjacent to an activating group) is 1. The van der Waals surface area contributed by atoms with Crippen LogP contribution in [0.3, 0.4) is 0 Å². The fourth-order valence-electron chi connectivity index (χ4n) is 4.04. The van der Waals surface area contributed by atoms with Crippen LogP contribution in [0.2, 0.25) is 0 Å². The van der Waals surface area contributed by atoms with Crippen molar-refractivity contribution in [2.75, 3.05) is 41.0 Å². The lowest BCUT2D eigenvalue weighted by Crippen LogP contribution is -2.30. The number of nitrogens with zero attached hydrogens (tertiary/aromatic N) is 4. The van der Waals surface area contributed by atoms with Crippen LogP contribution >= 0.6 is 0 Å². The van der Waals surface area contributed by atoms with E-state index in [2.05, 4.69) is 44.6 Å². The average molecular weight is 447 g/mol. The van der Waals surface area contributed by atoms with Crippen LogP contribution in [0.5, 0.6) is 0 Å². The van der Waals surface area contributed by atoms with Crippen molar-refractivity contribution in [1.82, 2.24) is 19.0 Å². The molecule has 0 spiro atoms. The molecule has 4 aromatic rings. The van der Waals surface area contributed by atoms with E-state index < -0.39 is 0 Å². The largest absolute Gasteiger partial charge is 0.383 e. The zero-order valence-electron chi connectivity index (χ0n) is 19.4. The van der Waals surface area contributed by atoms with Crippen molar-refractivity contribution in [2.24, 2.45) is 0 Å². The SMILES string of the molecule is COCCN(C)C(=O)c1cn(Cc2cncn2CCOC)cc1-c1cccc2ccccc12. The first-order chi connectivity index (χ1) is 16.1. The van der Waals surface area contributed by atoms with Crippen molar-refractivity contribution in [3.63, 3.8) is 0 Å². The second-order valence-corrected chi connectivity index (χ2v) is 8.08. The molecule has 0 saturated heterocycles. The molecule has 0 aliphatic rings. The van der Waals surface area contributed by atoms with E-state index in [0.717, 1.165) is 34.1 Å². The maximum absolute atomic E-state index is 13.4. The molecule has 0 aliphatic carbocycles. The number of carbonyl (C=O) groups is 1. The molecule has 172 valence electrons. The number of ether oxygens (including phenoxy) is 2. The summed E-state index contributed by atoms with van der Waals surface area (Å²) >= 11 is 0. The molecule has 0 N–H and O–H groups in total. The molecule has 2 heterocycles. The first-order valence-corrected chi connectivity index (χ1v) is 11.0. The molecule has 0 saturated carbocycles. The summed E-state index contributed by atoms with van der Waals surface area (Å²) in [7, 11) is 5.14. The van der Waals surface area contributed by atoms with Gasteiger partial charge < -0.3 is 23.5 Å². The number of hydrogen-bond acceptors (Lipinski definition) is 4. The molecule has 0 unspecified atom stereocenters. The molecule has 2 aromatic carbocycles. The maximum atomic E-state index is 13.4. The summed E-state index contributed by atoms with van der Waals surface area (Å²) in [5.41, 5.74) is 3.69. The topological polar surface area (TPSA) is 61.5 Å². The minimum Gasteiger partial charge on any atom is -0.383 e. The second kappa shape index (κ2) is 10.5. The highest BCUT2D eigenvalue weighted by atomic mass is 16.5. The molecule has 1 amide bonds. The number of carbonyl (C=O) groups excluding carboxylic acids is 1. The first kappa shape index (κ1) is 22.8. The first-order valence-electron chi connectivity index (χ1n) is 11.0. The van der Waals surface area contributed by atoms with Crippen LogP contribution in [0.25, 0.3) is 21.9 Å². The third kappa shape index (κ3) is 4.99. The van der Waals surface area contributed by atoms with Gasteiger partial charge >= 0.3 is 0 Å². The van der Waals surface area contributed by atoms with Gasteiger partial charge in [-0.2, -0.15) is 0 Å². The second-order valence-electron chi connectivity index (χ2n) is 8.08. The van der Waals surface area contributed by atoms with Crippen LogP contribution < -0.4 is 0 Å². The van der Waals surface area contributed by atoms with Crippen LogP contribution in [0, 0.1) is 0 Å². The summed E-state index contributed by atoms with van der Waals surface area (Å²) in [4.78, 5) is 19.4. The molecular weight excluding hydrogens is 416 g/mol. The number of imidazole rings is 1. The van der Waals surface area contributed by atoms with E-state index in [4.69, 9.17) is 9.47 Å². The Hall–Kier alpha value is -3.42. The van der Waals surface area contributed by atoms with Crippen molar-refractivity contribution in [1.29, 1.82) is 0 Å². The van der Waals surface area contributed by atoms with Gasteiger partial charge in [0.15, 0.2) is 0 Å². The van der Waals surface area contributed by atoms with Crippen LogP contribution in [-0.4, -0.2) is 66.0 Å². The van der Waals surface area contributed by atoms with E-state index >= 15 is 0 Å². The van der Waals surface area contributed by atoms with Crippen molar-refractivity contribution in [3.8, 4) is 11.1 Å². The lowest BCUT2D eigenvalue weighted by atomic mass is 9.97. The zero-order valence-corrected chi connectivity index (χ0v) is 19.4. The third-order valence-electron chi connectivity index (χ3n) is 5.85. The van der Waals surface area contributed by atoms with E-state index in [0.29, 0.717) is 31.9 Å². The summed E-state index contributed by atoms with van der Waals surface area (Å²) in [6, 6.07) is 14.5. The Morgan fingerprint density at radius 2 is 1.79 bits per heavy atom. The predicted molar refractivity (Wildman–Crippen MR) is 129 cm³/mol. The number of aromatic nitrogens is 3. The van der Waals surface area contributed by atoms with E-state index in [1.54, 1.807) is 19.1 Å². The van der Waals surface area contributed by atoms with Crippen LogP contribution in [0.1, 0.15) is 16.1 Å². The Morgan fingerprint density at radius 1 is 1.00 bits per heavy atom. The number of fused-ring (bicyclic) bond motifs is 1. The van der Waals surface area contributed by atoms with Gasteiger partial charge in [0, 0.05) is 58.5 Å². The molecule has 0 atom stereocenters. The van der Waals surface area contributed by atoms with Gasteiger partial charge in [0.2, 0.25) is 0 Å². The fourth-order valence-corrected chi connectivity index (χ4v) is 4.04. The molecule has 2 aromatic heterocycles. The lowest BCUT2D eigenvalue weighted by Gasteiger charge is -2.17. The number of methoxy groups -OCH3 is 2. The molecule has 0 aliphatic heterocycles. The molecule has 0 fully saturated rings. The van der Waals surface area contributed by atoms with Gasteiger partial charge in [0.25, 0.3) is 5.91 Å². The minimum absolute atomic E-state index is 0.0263. The highest BCUT2D eigenvalue weighted by Gasteiger charge is 2.21. The molecule has 4 rings (SSSR count). The summed E-state index contributed by atoms with van der Waals surface area (Å²) in [5.74, 6) is -0.0263. The number of hydrogen-bond donors (Lipinski definition) is 0. The monoisotopic (exact) mass is 446 g/mol.